The number of benzene rings is 2. The van der Waals surface area contributed by atoms with Crippen LogP contribution >= 0.6 is 11.3 Å². The first-order valence-electron chi connectivity index (χ1n) is 12.8. The Morgan fingerprint density at radius 3 is 2.41 bits per heavy atom. The van der Waals surface area contributed by atoms with E-state index in [0.717, 1.165) is 28.6 Å². The molecule has 1 fully saturated rings. The van der Waals surface area contributed by atoms with Gasteiger partial charge in [-0.05, 0) is 48.9 Å². The Bertz CT molecular complexity index is 1740. The minimum atomic E-state index is -4.96. The number of anilines is 1. The molecule has 1 amide bonds. The molecule has 1 N–H and O–H groups in total. The zero-order valence-electron chi connectivity index (χ0n) is 22.7. The normalized spacial score (nSPS) is 16.3. The van der Waals surface area contributed by atoms with Crippen molar-refractivity contribution in [3.63, 3.8) is 0 Å². The number of hydrogen-bond acceptors (Lipinski definition) is 10. The molecule has 0 bridgehead atoms. The Morgan fingerprint density at radius 2 is 1.75 bits per heavy atom. The van der Waals surface area contributed by atoms with Crippen LogP contribution in [0.4, 0.5) is 27.1 Å². The second-order valence-electron chi connectivity index (χ2n) is 9.44. The van der Waals surface area contributed by atoms with Gasteiger partial charge in [-0.1, -0.05) is 23.5 Å². The van der Waals surface area contributed by atoms with Crippen molar-refractivity contribution in [2.45, 2.75) is 37.4 Å². The quantitative estimate of drug-likeness (QED) is 0.265. The molecule has 0 spiro atoms. The van der Waals surface area contributed by atoms with E-state index in [2.05, 4.69) is 29.7 Å². The first kappa shape index (κ1) is 31.3. The minimum Gasteiger partial charge on any atom is -0.435 e. The molecule has 44 heavy (non-hydrogen) atoms. The predicted octanol–water partition coefficient (Wildman–Crippen LogP) is 4.09. The average Bonchev–Trinajstić information content (AvgIpc) is 3.39. The molecule has 5 rings (SSSR count). The summed E-state index contributed by atoms with van der Waals surface area (Å²) in [5, 5.41) is 3.18. The first-order valence-corrected chi connectivity index (χ1v) is 15.1. The van der Waals surface area contributed by atoms with Crippen LogP contribution in [0, 0.1) is 6.92 Å². The molecular formula is C26H23F5N6O5S2. The Labute approximate surface area is 251 Å². The fourth-order valence-electron chi connectivity index (χ4n) is 4.43. The summed E-state index contributed by atoms with van der Waals surface area (Å²) in [6, 6.07) is 7.94. The van der Waals surface area contributed by atoms with E-state index >= 15 is 0 Å². The SMILES string of the molecule is Cc1ncc2sc(N3CCN(S(=O)(=O)c4ccc(OC(F)(F)F)cc4)[C@@H](C(=O)NCc4ccc(OC(F)F)cc4)C3)nc2n1. The molecule has 0 unspecified atom stereocenters. The number of nitrogens with zero attached hydrogens (tertiary/aromatic N) is 5. The van der Waals surface area contributed by atoms with E-state index in [-0.39, 0.29) is 36.8 Å². The molecule has 0 radical (unpaired) electrons. The lowest BCUT2D eigenvalue weighted by Gasteiger charge is -2.39. The molecule has 1 aliphatic heterocycles. The van der Waals surface area contributed by atoms with Gasteiger partial charge in [-0.3, -0.25) is 4.79 Å². The summed E-state index contributed by atoms with van der Waals surface area (Å²) in [6.45, 7) is -1.45. The van der Waals surface area contributed by atoms with E-state index in [4.69, 9.17) is 0 Å². The van der Waals surface area contributed by atoms with Crippen LogP contribution in [0.1, 0.15) is 11.4 Å². The van der Waals surface area contributed by atoms with E-state index < -0.39 is 40.7 Å². The third-order valence-electron chi connectivity index (χ3n) is 6.44. The number of sulfonamides is 1. The Morgan fingerprint density at radius 1 is 1.07 bits per heavy atom. The lowest BCUT2D eigenvalue weighted by atomic mass is 10.1. The number of ether oxygens (including phenoxy) is 2. The van der Waals surface area contributed by atoms with Gasteiger partial charge < -0.3 is 19.7 Å². The number of aryl methyl sites for hydroxylation is 1. The number of carbonyl (C=O) groups is 1. The number of aromatic nitrogens is 3. The van der Waals surface area contributed by atoms with Crippen LogP contribution in [-0.4, -0.2) is 72.2 Å². The number of alkyl halides is 5. The molecule has 1 saturated heterocycles. The number of carbonyl (C=O) groups excluding carboxylic acids is 1. The fourth-order valence-corrected chi connectivity index (χ4v) is 6.91. The van der Waals surface area contributed by atoms with Gasteiger partial charge in [0.2, 0.25) is 15.9 Å². The van der Waals surface area contributed by atoms with Crippen molar-refractivity contribution in [2.24, 2.45) is 0 Å². The molecule has 0 aliphatic carbocycles. The van der Waals surface area contributed by atoms with Crippen LogP contribution in [0.15, 0.2) is 59.6 Å². The van der Waals surface area contributed by atoms with Crippen molar-refractivity contribution in [3.8, 4) is 11.5 Å². The average molecular weight is 659 g/mol. The Hall–Kier alpha value is -4.16. The Balaban J connectivity index is 1.39. The number of hydrogen-bond donors (Lipinski definition) is 1. The van der Waals surface area contributed by atoms with Crippen LogP contribution in [0.25, 0.3) is 10.3 Å². The largest absolute Gasteiger partial charge is 0.573 e. The standard InChI is InChI=1S/C26H23F5N6O5S2/c1-15-32-13-21-22(34-15)35-25(43-21)36-10-11-37(44(39,40)19-8-6-18(7-9-19)42-26(29,30)31)20(14-36)23(38)33-12-16-2-4-17(5-3-16)41-24(27)28/h2-9,13,20,24H,10-12,14H2,1H3,(H,33,38)/t20-/m1/s1. The number of thiazole rings is 1. The molecule has 11 nitrogen and oxygen atoms in total. The third-order valence-corrected chi connectivity index (χ3v) is 9.41. The monoisotopic (exact) mass is 658 g/mol. The highest BCUT2D eigenvalue weighted by Crippen LogP contribution is 2.31. The highest BCUT2D eigenvalue weighted by Gasteiger charge is 2.41. The smallest absolute Gasteiger partial charge is 0.435 e. The summed E-state index contributed by atoms with van der Waals surface area (Å²) in [5.41, 5.74) is 0.983. The van der Waals surface area contributed by atoms with Gasteiger partial charge in [-0.15, -0.1) is 13.2 Å². The molecule has 2 aromatic heterocycles. The van der Waals surface area contributed by atoms with E-state index in [1.54, 1.807) is 18.0 Å². The van der Waals surface area contributed by atoms with Gasteiger partial charge in [0, 0.05) is 26.2 Å². The maximum atomic E-state index is 13.7. The van der Waals surface area contributed by atoms with E-state index in [9.17, 15) is 35.2 Å². The number of amides is 1. The summed E-state index contributed by atoms with van der Waals surface area (Å²) in [4.78, 5) is 27.9. The summed E-state index contributed by atoms with van der Waals surface area (Å²) >= 11 is 1.27. The van der Waals surface area contributed by atoms with Gasteiger partial charge >= 0.3 is 13.0 Å². The van der Waals surface area contributed by atoms with E-state index in [1.165, 1.54) is 35.6 Å². The van der Waals surface area contributed by atoms with Gasteiger partial charge in [0.05, 0.1) is 15.8 Å². The Kier molecular flexibility index (Phi) is 8.85. The molecule has 3 heterocycles. The minimum absolute atomic E-state index is 0.0579. The maximum Gasteiger partial charge on any atom is 0.573 e. The van der Waals surface area contributed by atoms with Gasteiger partial charge in [0.15, 0.2) is 10.8 Å². The van der Waals surface area contributed by atoms with Crippen molar-refractivity contribution in [1.29, 1.82) is 0 Å². The molecule has 0 saturated carbocycles. The van der Waals surface area contributed by atoms with Crippen molar-refractivity contribution in [1.82, 2.24) is 24.6 Å². The summed E-state index contributed by atoms with van der Waals surface area (Å²) < 4.78 is 99.9. The first-order chi connectivity index (χ1) is 20.8. The predicted molar refractivity (Wildman–Crippen MR) is 148 cm³/mol. The van der Waals surface area contributed by atoms with Crippen molar-refractivity contribution < 1.29 is 44.6 Å². The number of rotatable bonds is 9. The van der Waals surface area contributed by atoms with Crippen LogP contribution in [0.3, 0.4) is 0 Å². The maximum absolute atomic E-state index is 13.7. The van der Waals surface area contributed by atoms with Crippen LogP contribution in [-0.2, 0) is 21.4 Å². The van der Waals surface area contributed by atoms with Crippen LogP contribution in [0.5, 0.6) is 11.5 Å². The number of piperazine rings is 1. The lowest BCUT2D eigenvalue weighted by Crippen LogP contribution is -2.60. The molecular weight excluding hydrogens is 635 g/mol. The van der Waals surface area contributed by atoms with E-state index in [0.29, 0.717) is 26.9 Å². The summed E-state index contributed by atoms with van der Waals surface area (Å²) in [6.07, 6.45) is -3.34. The van der Waals surface area contributed by atoms with Crippen LogP contribution < -0.4 is 19.7 Å². The second-order valence-corrected chi connectivity index (χ2v) is 12.3. The molecule has 4 aromatic rings. The fraction of sp³-hybridized carbons (Fsp3) is 0.308. The number of halogens is 5. The lowest BCUT2D eigenvalue weighted by molar-refractivity contribution is -0.274. The highest BCUT2D eigenvalue weighted by molar-refractivity contribution is 7.89. The third kappa shape index (κ3) is 7.31. The van der Waals surface area contributed by atoms with Gasteiger partial charge in [0.25, 0.3) is 0 Å². The van der Waals surface area contributed by atoms with Crippen LogP contribution in [0.2, 0.25) is 0 Å². The summed E-state index contributed by atoms with van der Waals surface area (Å²) in [7, 11) is -4.37. The zero-order valence-corrected chi connectivity index (χ0v) is 24.3. The van der Waals surface area contributed by atoms with Gasteiger partial charge in [-0.25, -0.2) is 18.4 Å². The number of nitrogens with one attached hydrogen (secondary N) is 1. The van der Waals surface area contributed by atoms with E-state index in [1.807, 2.05) is 0 Å². The zero-order chi connectivity index (χ0) is 31.6. The highest BCUT2D eigenvalue weighted by atomic mass is 32.2. The van der Waals surface area contributed by atoms with Crippen molar-refractivity contribution >= 4 is 42.7 Å². The topological polar surface area (TPSA) is 127 Å². The number of fused-ring (bicyclic) bond motifs is 1. The van der Waals surface area contributed by atoms with Crippen molar-refractivity contribution in [3.05, 3.63) is 66.1 Å². The molecule has 234 valence electrons. The second kappa shape index (κ2) is 12.4. The molecule has 1 aliphatic rings. The molecule has 1 atom stereocenters. The van der Waals surface area contributed by atoms with Crippen molar-refractivity contribution in [2.75, 3.05) is 24.5 Å². The molecule has 2 aromatic carbocycles. The van der Waals surface area contributed by atoms with Gasteiger partial charge in [-0.2, -0.15) is 18.1 Å². The van der Waals surface area contributed by atoms with Gasteiger partial charge in [0.1, 0.15) is 23.4 Å². The molecule has 18 heteroatoms. The summed E-state index contributed by atoms with van der Waals surface area (Å²) in [5.74, 6) is -0.824.